The van der Waals surface area contributed by atoms with Gasteiger partial charge in [0.2, 0.25) is 0 Å². The lowest BCUT2D eigenvalue weighted by Gasteiger charge is -2.19. The topological polar surface area (TPSA) is 46.2 Å². The molecule has 1 aromatic carbocycles. The van der Waals surface area contributed by atoms with Gasteiger partial charge in [-0.2, -0.15) is 0 Å². The molecule has 1 aliphatic rings. The molecule has 0 bridgehead atoms. The summed E-state index contributed by atoms with van der Waals surface area (Å²) in [6, 6.07) is 9.11. The molecule has 2 atom stereocenters. The summed E-state index contributed by atoms with van der Waals surface area (Å²) >= 11 is 0. The average molecular weight is 295 g/mol. The second kappa shape index (κ2) is 6.72. The zero-order valence-electron chi connectivity index (χ0n) is 12.4. The maximum absolute atomic E-state index is 11.5. The van der Waals surface area contributed by atoms with Crippen LogP contribution in [0.5, 0.6) is 0 Å². The van der Waals surface area contributed by atoms with Crippen molar-refractivity contribution in [3.63, 3.8) is 0 Å². The summed E-state index contributed by atoms with van der Waals surface area (Å²) in [6.45, 7) is 2.16. The first-order chi connectivity index (χ1) is 9.52. The van der Waals surface area contributed by atoms with Gasteiger partial charge < -0.3 is 5.32 Å². The van der Waals surface area contributed by atoms with E-state index in [0.29, 0.717) is 23.5 Å². The zero-order valence-corrected chi connectivity index (χ0v) is 13.2. The van der Waals surface area contributed by atoms with Crippen LogP contribution in [0.1, 0.15) is 30.9 Å². The normalized spacial score (nSPS) is 22.8. The van der Waals surface area contributed by atoms with Gasteiger partial charge in [-0.25, -0.2) is 8.42 Å². The maximum atomic E-state index is 11.5. The molecule has 1 saturated heterocycles. The molecule has 112 valence electrons. The van der Waals surface area contributed by atoms with Crippen molar-refractivity contribution in [3.05, 3.63) is 35.4 Å². The number of hydrogen-bond donors (Lipinski definition) is 1. The first-order valence-electron chi connectivity index (χ1n) is 7.48. The Morgan fingerprint density at radius 2 is 1.90 bits per heavy atom. The highest BCUT2D eigenvalue weighted by atomic mass is 32.2. The standard InChI is InChI=1S/C16H25NO2S/c1-3-13-4-6-14(7-5-13)10-16(17-2)11-15-8-9-20(18,19)12-15/h4-7,15-17H,3,8-12H2,1-2H3. The Hall–Kier alpha value is -0.870. The van der Waals surface area contributed by atoms with E-state index in [2.05, 4.69) is 36.5 Å². The second-order valence-electron chi connectivity index (χ2n) is 5.86. The minimum Gasteiger partial charge on any atom is -0.317 e. The quantitative estimate of drug-likeness (QED) is 0.875. The third kappa shape index (κ3) is 4.32. The molecule has 1 N–H and O–H groups in total. The van der Waals surface area contributed by atoms with Crippen LogP contribution >= 0.6 is 0 Å². The summed E-state index contributed by atoms with van der Waals surface area (Å²) in [5.41, 5.74) is 2.68. The molecular formula is C16H25NO2S. The summed E-state index contributed by atoms with van der Waals surface area (Å²) in [5.74, 6) is 1.08. The van der Waals surface area contributed by atoms with E-state index >= 15 is 0 Å². The molecule has 1 fully saturated rings. The molecule has 1 aliphatic heterocycles. The lowest BCUT2D eigenvalue weighted by Crippen LogP contribution is -2.30. The number of likely N-dealkylation sites (N-methyl/N-ethyl adjacent to an activating group) is 1. The number of aryl methyl sites for hydroxylation is 1. The van der Waals surface area contributed by atoms with Gasteiger partial charge in [-0.1, -0.05) is 31.2 Å². The van der Waals surface area contributed by atoms with Gasteiger partial charge in [0.05, 0.1) is 11.5 Å². The number of rotatable bonds is 6. The smallest absolute Gasteiger partial charge is 0.150 e. The SMILES string of the molecule is CCc1ccc(CC(CC2CCS(=O)(=O)C2)NC)cc1. The summed E-state index contributed by atoms with van der Waals surface area (Å²) in [5, 5.41) is 3.34. The first-order valence-corrected chi connectivity index (χ1v) is 9.30. The van der Waals surface area contributed by atoms with E-state index in [0.717, 1.165) is 25.7 Å². The van der Waals surface area contributed by atoms with E-state index in [4.69, 9.17) is 0 Å². The van der Waals surface area contributed by atoms with Crippen molar-refractivity contribution in [2.45, 2.75) is 38.6 Å². The highest BCUT2D eigenvalue weighted by Gasteiger charge is 2.29. The Bertz CT molecular complexity index is 522. The van der Waals surface area contributed by atoms with Gasteiger partial charge in [0.15, 0.2) is 9.84 Å². The van der Waals surface area contributed by atoms with E-state index in [-0.39, 0.29) is 0 Å². The van der Waals surface area contributed by atoms with Gasteiger partial charge in [-0.3, -0.25) is 0 Å². The monoisotopic (exact) mass is 295 g/mol. The Labute approximate surface area is 122 Å². The van der Waals surface area contributed by atoms with Crippen LogP contribution in [0, 0.1) is 5.92 Å². The molecule has 0 aliphatic carbocycles. The predicted octanol–water partition coefficient (Wildman–Crippen LogP) is 2.20. The van der Waals surface area contributed by atoms with Gasteiger partial charge >= 0.3 is 0 Å². The maximum Gasteiger partial charge on any atom is 0.150 e. The van der Waals surface area contributed by atoms with E-state index in [1.165, 1.54) is 11.1 Å². The van der Waals surface area contributed by atoms with Crippen molar-refractivity contribution in [2.24, 2.45) is 5.92 Å². The minimum absolute atomic E-state index is 0.326. The summed E-state index contributed by atoms with van der Waals surface area (Å²) in [7, 11) is -0.792. The van der Waals surface area contributed by atoms with Crippen LogP contribution in [0.2, 0.25) is 0 Å². The van der Waals surface area contributed by atoms with Crippen LogP contribution < -0.4 is 5.32 Å². The molecule has 4 heteroatoms. The second-order valence-corrected chi connectivity index (χ2v) is 8.09. The van der Waals surface area contributed by atoms with Crippen molar-refractivity contribution < 1.29 is 8.42 Å². The molecule has 0 saturated carbocycles. The van der Waals surface area contributed by atoms with Crippen molar-refractivity contribution in [2.75, 3.05) is 18.6 Å². The fourth-order valence-corrected chi connectivity index (χ4v) is 4.84. The highest BCUT2D eigenvalue weighted by Crippen LogP contribution is 2.24. The Morgan fingerprint density at radius 1 is 1.25 bits per heavy atom. The molecule has 0 aromatic heterocycles. The van der Waals surface area contributed by atoms with Crippen molar-refractivity contribution in [1.82, 2.24) is 5.32 Å². The third-order valence-electron chi connectivity index (χ3n) is 4.27. The van der Waals surface area contributed by atoms with Gasteiger partial charge in [0.25, 0.3) is 0 Å². The van der Waals surface area contributed by atoms with Crippen molar-refractivity contribution in [1.29, 1.82) is 0 Å². The number of hydrogen-bond acceptors (Lipinski definition) is 3. The van der Waals surface area contributed by atoms with Gasteiger partial charge in [-0.15, -0.1) is 0 Å². The Balaban J connectivity index is 1.91. The van der Waals surface area contributed by atoms with Crippen LogP contribution in [-0.2, 0) is 22.7 Å². The molecule has 1 aromatic rings. The summed E-state index contributed by atoms with van der Waals surface area (Å²) in [6.07, 6.45) is 3.81. The molecule has 3 nitrogen and oxygen atoms in total. The molecular weight excluding hydrogens is 270 g/mol. The fourth-order valence-electron chi connectivity index (χ4n) is 2.96. The van der Waals surface area contributed by atoms with Crippen LogP contribution in [0.25, 0.3) is 0 Å². The van der Waals surface area contributed by atoms with Gasteiger partial charge in [-0.05, 0) is 49.8 Å². The average Bonchev–Trinajstić information content (AvgIpc) is 2.78. The van der Waals surface area contributed by atoms with Crippen LogP contribution in [0.15, 0.2) is 24.3 Å². The zero-order chi connectivity index (χ0) is 14.6. The van der Waals surface area contributed by atoms with E-state index < -0.39 is 9.84 Å². The van der Waals surface area contributed by atoms with Crippen LogP contribution in [0.3, 0.4) is 0 Å². The Kier molecular flexibility index (Phi) is 5.22. The first kappa shape index (κ1) is 15.5. The summed E-state index contributed by atoms with van der Waals surface area (Å²) < 4.78 is 23.0. The molecule has 20 heavy (non-hydrogen) atoms. The number of benzene rings is 1. The van der Waals surface area contributed by atoms with Crippen LogP contribution in [-0.4, -0.2) is 33.0 Å². The van der Waals surface area contributed by atoms with Crippen molar-refractivity contribution in [3.8, 4) is 0 Å². The van der Waals surface area contributed by atoms with E-state index in [9.17, 15) is 8.42 Å². The van der Waals surface area contributed by atoms with Gasteiger partial charge in [0, 0.05) is 6.04 Å². The van der Waals surface area contributed by atoms with Crippen molar-refractivity contribution >= 4 is 9.84 Å². The lowest BCUT2D eigenvalue weighted by molar-refractivity contribution is 0.424. The largest absolute Gasteiger partial charge is 0.317 e. The van der Waals surface area contributed by atoms with E-state index in [1.807, 2.05) is 7.05 Å². The molecule has 0 amide bonds. The number of sulfone groups is 1. The Morgan fingerprint density at radius 3 is 2.40 bits per heavy atom. The third-order valence-corrected chi connectivity index (χ3v) is 6.10. The highest BCUT2D eigenvalue weighted by molar-refractivity contribution is 7.91. The summed E-state index contributed by atoms with van der Waals surface area (Å²) in [4.78, 5) is 0. The molecule has 2 unspecified atom stereocenters. The van der Waals surface area contributed by atoms with Crippen LogP contribution in [0.4, 0.5) is 0 Å². The lowest BCUT2D eigenvalue weighted by atomic mass is 9.94. The van der Waals surface area contributed by atoms with Gasteiger partial charge in [0.1, 0.15) is 0 Å². The fraction of sp³-hybridized carbons (Fsp3) is 0.625. The number of nitrogens with one attached hydrogen (secondary N) is 1. The molecule has 2 rings (SSSR count). The predicted molar refractivity (Wildman–Crippen MR) is 83.7 cm³/mol. The van der Waals surface area contributed by atoms with E-state index in [1.54, 1.807) is 0 Å². The molecule has 0 radical (unpaired) electrons. The molecule has 1 heterocycles. The minimum atomic E-state index is -2.76. The molecule has 0 spiro atoms.